The Labute approximate surface area is 124 Å². The minimum atomic E-state index is -0.966. The van der Waals surface area contributed by atoms with Crippen LogP contribution in [0.1, 0.15) is 49.7 Å². The summed E-state index contributed by atoms with van der Waals surface area (Å²) in [6.07, 6.45) is 1.42. The lowest BCUT2D eigenvalue weighted by Crippen LogP contribution is -2.12. The van der Waals surface area contributed by atoms with Crippen molar-refractivity contribution in [2.24, 2.45) is 0 Å². The van der Waals surface area contributed by atoms with E-state index in [4.69, 9.17) is 4.74 Å². The van der Waals surface area contributed by atoms with E-state index < -0.39 is 5.97 Å². The SMILES string of the molecule is CC(C)Oc1ccccc1-n1ncc(C(=O)O)c1C(C)C. The first-order chi connectivity index (χ1) is 9.91. The van der Waals surface area contributed by atoms with E-state index in [1.165, 1.54) is 6.20 Å². The van der Waals surface area contributed by atoms with Crippen LogP contribution in [0.25, 0.3) is 5.69 Å². The van der Waals surface area contributed by atoms with Crippen LogP contribution in [0.3, 0.4) is 0 Å². The topological polar surface area (TPSA) is 64.4 Å². The predicted molar refractivity (Wildman–Crippen MR) is 80.4 cm³/mol. The summed E-state index contributed by atoms with van der Waals surface area (Å²) in [4.78, 5) is 11.3. The molecule has 1 heterocycles. The summed E-state index contributed by atoms with van der Waals surface area (Å²) in [6.45, 7) is 7.80. The van der Waals surface area contributed by atoms with Gasteiger partial charge in [-0.25, -0.2) is 9.48 Å². The van der Waals surface area contributed by atoms with Gasteiger partial charge in [0.1, 0.15) is 17.0 Å². The van der Waals surface area contributed by atoms with Crippen LogP contribution in [-0.2, 0) is 0 Å². The fourth-order valence-corrected chi connectivity index (χ4v) is 2.26. The number of carbonyl (C=O) groups is 1. The number of nitrogens with zero attached hydrogens (tertiary/aromatic N) is 2. The average Bonchev–Trinajstić information content (AvgIpc) is 2.83. The van der Waals surface area contributed by atoms with Gasteiger partial charge in [0.2, 0.25) is 0 Å². The van der Waals surface area contributed by atoms with Crippen molar-refractivity contribution in [3.8, 4) is 11.4 Å². The summed E-state index contributed by atoms with van der Waals surface area (Å²) >= 11 is 0. The van der Waals surface area contributed by atoms with Crippen LogP contribution >= 0.6 is 0 Å². The Kier molecular flexibility index (Phi) is 4.31. The summed E-state index contributed by atoms with van der Waals surface area (Å²) in [5.41, 5.74) is 1.65. The van der Waals surface area contributed by atoms with E-state index in [1.807, 2.05) is 52.0 Å². The van der Waals surface area contributed by atoms with Crippen LogP contribution in [0.15, 0.2) is 30.5 Å². The number of hydrogen-bond donors (Lipinski definition) is 1. The van der Waals surface area contributed by atoms with Crippen LogP contribution in [0.2, 0.25) is 0 Å². The highest BCUT2D eigenvalue weighted by Gasteiger charge is 2.21. The number of carboxylic acid groups (broad SMARTS) is 1. The summed E-state index contributed by atoms with van der Waals surface area (Å²) < 4.78 is 7.45. The van der Waals surface area contributed by atoms with Gasteiger partial charge in [0.25, 0.3) is 0 Å². The molecule has 0 amide bonds. The molecule has 1 aromatic heterocycles. The molecular formula is C16H20N2O3. The first-order valence-corrected chi connectivity index (χ1v) is 6.99. The molecule has 0 radical (unpaired) electrons. The standard InChI is InChI=1S/C16H20N2O3/c1-10(2)15-12(16(19)20)9-17-18(15)13-7-5-6-8-14(13)21-11(3)4/h5-11H,1-4H3,(H,19,20). The highest BCUT2D eigenvalue weighted by atomic mass is 16.5. The Balaban J connectivity index is 2.60. The largest absolute Gasteiger partial charge is 0.489 e. The maximum absolute atomic E-state index is 11.3. The lowest BCUT2D eigenvalue weighted by atomic mass is 10.1. The summed E-state index contributed by atoms with van der Waals surface area (Å²) in [7, 11) is 0. The molecule has 0 saturated heterocycles. The van der Waals surface area contributed by atoms with Crippen molar-refractivity contribution in [2.45, 2.75) is 39.7 Å². The van der Waals surface area contributed by atoms with Gasteiger partial charge in [0.15, 0.2) is 0 Å². The molecule has 0 fully saturated rings. The van der Waals surface area contributed by atoms with Gasteiger partial charge in [-0.2, -0.15) is 5.10 Å². The second-order valence-electron chi connectivity index (χ2n) is 5.45. The molecule has 2 rings (SSSR count). The monoisotopic (exact) mass is 288 g/mol. The second kappa shape index (κ2) is 5.99. The van der Waals surface area contributed by atoms with E-state index in [0.29, 0.717) is 11.4 Å². The van der Waals surface area contributed by atoms with Crippen molar-refractivity contribution >= 4 is 5.97 Å². The van der Waals surface area contributed by atoms with Crippen molar-refractivity contribution in [2.75, 3.05) is 0 Å². The van der Waals surface area contributed by atoms with Crippen molar-refractivity contribution in [3.63, 3.8) is 0 Å². The van der Waals surface area contributed by atoms with E-state index in [9.17, 15) is 9.90 Å². The molecule has 112 valence electrons. The molecule has 0 atom stereocenters. The van der Waals surface area contributed by atoms with E-state index in [-0.39, 0.29) is 17.6 Å². The van der Waals surface area contributed by atoms with Crippen molar-refractivity contribution in [3.05, 3.63) is 41.7 Å². The molecule has 2 aromatic rings. The van der Waals surface area contributed by atoms with Crippen molar-refractivity contribution in [1.82, 2.24) is 9.78 Å². The Bertz CT molecular complexity index is 645. The quantitative estimate of drug-likeness (QED) is 0.914. The number of aromatic carboxylic acids is 1. The fourth-order valence-electron chi connectivity index (χ4n) is 2.26. The number of carboxylic acids is 1. The Morgan fingerprint density at radius 1 is 1.24 bits per heavy atom. The van der Waals surface area contributed by atoms with Crippen LogP contribution < -0.4 is 4.74 Å². The molecule has 0 spiro atoms. The van der Waals surface area contributed by atoms with Crippen LogP contribution in [0, 0.1) is 0 Å². The van der Waals surface area contributed by atoms with Gasteiger partial charge >= 0.3 is 5.97 Å². The van der Waals surface area contributed by atoms with Gasteiger partial charge in [0, 0.05) is 0 Å². The number of rotatable bonds is 5. The van der Waals surface area contributed by atoms with Crippen molar-refractivity contribution < 1.29 is 14.6 Å². The zero-order valence-electron chi connectivity index (χ0n) is 12.7. The van der Waals surface area contributed by atoms with E-state index >= 15 is 0 Å². The highest BCUT2D eigenvalue weighted by molar-refractivity contribution is 5.89. The fraction of sp³-hybridized carbons (Fsp3) is 0.375. The van der Waals surface area contributed by atoms with E-state index in [0.717, 1.165) is 5.69 Å². The summed E-state index contributed by atoms with van der Waals surface area (Å²) in [5.74, 6) is -0.243. The Morgan fingerprint density at radius 2 is 1.90 bits per heavy atom. The third kappa shape index (κ3) is 3.07. The van der Waals surface area contributed by atoms with Crippen molar-refractivity contribution in [1.29, 1.82) is 0 Å². The van der Waals surface area contributed by atoms with Crippen LogP contribution in [-0.4, -0.2) is 27.0 Å². The van der Waals surface area contributed by atoms with Gasteiger partial charge < -0.3 is 9.84 Å². The lowest BCUT2D eigenvalue weighted by molar-refractivity contribution is 0.0695. The van der Waals surface area contributed by atoms with Gasteiger partial charge in [-0.15, -0.1) is 0 Å². The third-order valence-corrected chi connectivity index (χ3v) is 3.04. The van der Waals surface area contributed by atoms with Gasteiger partial charge in [-0.05, 0) is 31.9 Å². The summed E-state index contributed by atoms with van der Waals surface area (Å²) in [6, 6.07) is 7.51. The molecule has 1 N–H and O–H groups in total. The predicted octanol–water partition coefficient (Wildman–Crippen LogP) is 3.48. The molecule has 0 unspecified atom stereocenters. The van der Waals surface area contributed by atoms with E-state index in [2.05, 4.69) is 5.10 Å². The molecule has 0 saturated carbocycles. The zero-order valence-corrected chi connectivity index (χ0v) is 12.7. The molecule has 5 heteroatoms. The first-order valence-electron chi connectivity index (χ1n) is 6.99. The molecule has 1 aromatic carbocycles. The maximum atomic E-state index is 11.3. The molecule has 5 nitrogen and oxygen atoms in total. The average molecular weight is 288 g/mol. The number of hydrogen-bond acceptors (Lipinski definition) is 3. The van der Waals surface area contributed by atoms with Crippen LogP contribution in [0.4, 0.5) is 0 Å². The molecule has 0 aliphatic carbocycles. The molecular weight excluding hydrogens is 268 g/mol. The third-order valence-electron chi connectivity index (χ3n) is 3.04. The molecule has 0 aliphatic rings. The maximum Gasteiger partial charge on any atom is 0.339 e. The minimum Gasteiger partial charge on any atom is -0.489 e. The highest BCUT2D eigenvalue weighted by Crippen LogP contribution is 2.29. The minimum absolute atomic E-state index is 0.0307. The molecule has 21 heavy (non-hydrogen) atoms. The van der Waals surface area contributed by atoms with E-state index in [1.54, 1.807) is 4.68 Å². The van der Waals surface area contributed by atoms with Gasteiger partial charge in [-0.1, -0.05) is 26.0 Å². The zero-order chi connectivity index (χ0) is 15.6. The Hall–Kier alpha value is -2.30. The molecule has 0 bridgehead atoms. The number of aromatic nitrogens is 2. The smallest absolute Gasteiger partial charge is 0.339 e. The number of para-hydroxylation sites is 2. The van der Waals surface area contributed by atoms with Gasteiger partial charge in [-0.3, -0.25) is 0 Å². The normalized spacial score (nSPS) is 11.1. The Morgan fingerprint density at radius 3 is 2.48 bits per heavy atom. The number of ether oxygens (including phenoxy) is 1. The first kappa shape index (κ1) is 15.1. The second-order valence-corrected chi connectivity index (χ2v) is 5.45. The molecule has 0 aliphatic heterocycles. The number of benzene rings is 1. The van der Waals surface area contributed by atoms with Gasteiger partial charge in [0.05, 0.1) is 18.0 Å². The lowest BCUT2D eigenvalue weighted by Gasteiger charge is -2.17. The van der Waals surface area contributed by atoms with Crippen LogP contribution in [0.5, 0.6) is 5.75 Å². The summed E-state index contributed by atoms with van der Waals surface area (Å²) in [5, 5.41) is 13.6.